The van der Waals surface area contributed by atoms with Gasteiger partial charge in [0.05, 0.1) is 22.3 Å². The highest BCUT2D eigenvalue weighted by Gasteiger charge is 2.22. The molecule has 1 aromatic heterocycles. The number of Topliss-reactive ketones (excluding diaryl/α,β-unsaturated/α-hetero) is 1. The zero-order valence-corrected chi connectivity index (χ0v) is 11.8. The summed E-state index contributed by atoms with van der Waals surface area (Å²) in [6, 6.07) is 9.92. The zero-order valence-electron chi connectivity index (χ0n) is 11.0. The highest BCUT2D eigenvalue weighted by atomic mass is 32.1. The molecule has 0 amide bonds. The van der Waals surface area contributed by atoms with Crippen molar-refractivity contribution in [3.8, 4) is 16.9 Å². The van der Waals surface area contributed by atoms with Crippen molar-refractivity contribution in [2.75, 3.05) is 0 Å². The maximum absolute atomic E-state index is 11.3. The second-order valence-electron chi connectivity index (χ2n) is 4.18. The standard InChI is InChI=1S/C14H10N2O4S/c1-9(17)13-8-12(16(18)19)14(21-13)20-11-4-2-10(3-5-11)6-7-15/h2-5,8H,6H2,1H3. The van der Waals surface area contributed by atoms with E-state index >= 15 is 0 Å². The third-order valence-electron chi connectivity index (χ3n) is 2.64. The van der Waals surface area contributed by atoms with Crippen molar-refractivity contribution in [1.29, 1.82) is 5.26 Å². The first-order chi connectivity index (χ1) is 10.0. The van der Waals surface area contributed by atoms with E-state index in [0.717, 1.165) is 16.9 Å². The number of carbonyl (C=O) groups excluding carboxylic acids is 1. The molecule has 0 fully saturated rings. The van der Waals surface area contributed by atoms with Crippen molar-refractivity contribution < 1.29 is 14.5 Å². The molecule has 1 aromatic carbocycles. The van der Waals surface area contributed by atoms with Crippen LogP contribution in [0.2, 0.25) is 0 Å². The predicted molar refractivity (Wildman–Crippen MR) is 76.8 cm³/mol. The molecule has 7 heteroatoms. The van der Waals surface area contributed by atoms with Crippen molar-refractivity contribution in [3.05, 3.63) is 50.9 Å². The summed E-state index contributed by atoms with van der Waals surface area (Å²) in [7, 11) is 0. The number of hydrogen-bond acceptors (Lipinski definition) is 6. The number of rotatable bonds is 5. The Morgan fingerprint density at radius 2 is 2.10 bits per heavy atom. The molecule has 0 aliphatic rings. The van der Waals surface area contributed by atoms with E-state index in [0.29, 0.717) is 5.75 Å². The van der Waals surface area contributed by atoms with Crippen LogP contribution in [0.4, 0.5) is 5.69 Å². The molecule has 0 atom stereocenters. The number of carbonyl (C=O) groups is 1. The molecule has 0 radical (unpaired) electrons. The first-order valence-corrected chi connectivity index (χ1v) is 6.76. The lowest BCUT2D eigenvalue weighted by Gasteiger charge is -2.03. The van der Waals surface area contributed by atoms with Gasteiger partial charge < -0.3 is 4.74 Å². The van der Waals surface area contributed by atoms with Crippen molar-refractivity contribution in [1.82, 2.24) is 0 Å². The summed E-state index contributed by atoms with van der Waals surface area (Å²) in [6.07, 6.45) is 0.286. The van der Waals surface area contributed by atoms with Gasteiger partial charge in [-0.15, -0.1) is 0 Å². The van der Waals surface area contributed by atoms with Crippen LogP contribution in [0.5, 0.6) is 10.8 Å². The molecule has 21 heavy (non-hydrogen) atoms. The summed E-state index contributed by atoms with van der Waals surface area (Å²) in [5.74, 6) is 0.166. The Hall–Kier alpha value is -2.72. The quantitative estimate of drug-likeness (QED) is 0.476. The molecule has 106 valence electrons. The van der Waals surface area contributed by atoms with Crippen molar-refractivity contribution in [3.63, 3.8) is 0 Å². The van der Waals surface area contributed by atoms with Gasteiger partial charge in [-0.25, -0.2) is 0 Å². The van der Waals surface area contributed by atoms with Crippen LogP contribution in [-0.4, -0.2) is 10.7 Å². The van der Waals surface area contributed by atoms with Crippen LogP contribution in [0.1, 0.15) is 22.2 Å². The Balaban J connectivity index is 2.28. The van der Waals surface area contributed by atoms with Gasteiger partial charge in [-0.2, -0.15) is 5.26 Å². The lowest BCUT2D eigenvalue weighted by atomic mass is 10.2. The minimum absolute atomic E-state index is 0.0678. The largest absolute Gasteiger partial charge is 0.440 e. The number of ether oxygens (including phenoxy) is 1. The van der Waals surface area contributed by atoms with Crippen molar-refractivity contribution in [2.45, 2.75) is 13.3 Å². The van der Waals surface area contributed by atoms with Crippen LogP contribution in [0.25, 0.3) is 0 Å². The minimum Gasteiger partial charge on any atom is -0.440 e. The lowest BCUT2D eigenvalue weighted by molar-refractivity contribution is -0.385. The number of thiophene rings is 1. The van der Waals surface area contributed by atoms with E-state index in [4.69, 9.17) is 10.00 Å². The third kappa shape index (κ3) is 3.43. The molecule has 0 saturated carbocycles. The van der Waals surface area contributed by atoms with Crippen LogP contribution in [0.15, 0.2) is 30.3 Å². The Bertz CT molecular complexity index is 728. The van der Waals surface area contributed by atoms with Crippen LogP contribution in [-0.2, 0) is 6.42 Å². The molecule has 2 aromatic rings. The van der Waals surface area contributed by atoms with Crippen LogP contribution < -0.4 is 4.74 Å². The second-order valence-corrected chi connectivity index (χ2v) is 5.19. The molecule has 0 aliphatic carbocycles. The van der Waals surface area contributed by atoms with E-state index < -0.39 is 4.92 Å². The molecular formula is C14H10N2O4S. The summed E-state index contributed by atoms with van der Waals surface area (Å²) < 4.78 is 5.48. The molecule has 0 saturated heterocycles. The summed E-state index contributed by atoms with van der Waals surface area (Å²) in [6.45, 7) is 1.34. The number of hydrogen-bond donors (Lipinski definition) is 0. The lowest BCUT2D eigenvalue weighted by Crippen LogP contribution is -1.90. The number of nitriles is 1. The average Bonchev–Trinajstić information content (AvgIpc) is 2.86. The van der Waals surface area contributed by atoms with E-state index in [1.807, 2.05) is 6.07 Å². The van der Waals surface area contributed by atoms with Gasteiger partial charge >= 0.3 is 5.69 Å². The molecule has 0 unspecified atom stereocenters. The number of nitro groups is 1. The molecule has 0 bridgehead atoms. The summed E-state index contributed by atoms with van der Waals surface area (Å²) in [5.41, 5.74) is 0.598. The van der Waals surface area contributed by atoms with Crippen molar-refractivity contribution >= 4 is 22.8 Å². The maximum atomic E-state index is 11.3. The van der Waals surface area contributed by atoms with E-state index in [1.165, 1.54) is 13.0 Å². The molecule has 0 N–H and O–H groups in total. The highest BCUT2D eigenvalue weighted by Crippen LogP contribution is 2.39. The number of nitrogens with zero attached hydrogens (tertiary/aromatic N) is 2. The topological polar surface area (TPSA) is 93.2 Å². The third-order valence-corrected chi connectivity index (χ3v) is 3.74. The van der Waals surface area contributed by atoms with E-state index in [2.05, 4.69) is 0 Å². The average molecular weight is 302 g/mol. The Morgan fingerprint density at radius 3 is 2.62 bits per heavy atom. The Labute approximate surface area is 124 Å². The molecule has 0 aliphatic heterocycles. The molecule has 6 nitrogen and oxygen atoms in total. The first kappa shape index (κ1) is 14.7. The van der Waals surface area contributed by atoms with Gasteiger partial charge in [0.15, 0.2) is 5.78 Å². The van der Waals surface area contributed by atoms with Crippen molar-refractivity contribution in [2.24, 2.45) is 0 Å². The molecule has 1 heterocycles. The van der Waals surface area contributed by atoms with Gasteiger partial charge in [-0.05, 0) is 24.6 Å². The predicted octanol–water partition coefficient (Wildman–Crippen LogP) is 3.72. The molecular weight excluding hydrogens is 292 g/mol. The summed E-state index contributed by atoms with van der Waals surface area (Å²) in [4.78, 5) is 22.0. The SMILES string of the molecule is CC(=O)c1cc([N+](=O)[O-])c(Oc2ccc(CC#N)cc2)s1. The zero-order chi connectivity index (χ0) is 15.4. The smallest absolute Gasteiger partial charge is 0.323 e. The van der Waals surface area contributed by atoms with E-state index in [-0.39, 0.29) is 27.8 Å². The fraction of sp³-hybridized carbons (Fsp3) is 0.143. The van der Waals surface area contributed by atoms with Gasteiger partial charge in [-0.1, -0.05) is 23.5 Å². The first-order valence-electron chi connectivity index (χ1n) is 5.94. The fourth-order valence-electron chi connectivity index (χ4n) is 1.61. The second kappa shape index (κ2) is 6.15. The van der Waals surface area contributed by atoms with Gasteiger partial charge in [0, 0.05) is 6.07 Å². The van der Waals surface area contributed by atoms with Crippen LogP contribution >= 0.6 is 11.3 Å². The minimum atomic E-state index is -0.581. The van der Waals surface area contributed by atoms with E-state index in [9.17, 15) is 14.9 Å². The Kier molecular flexibility index (Phi) is 4.30. The van der Waals surface area contributed by atoms with Gasteiger partial charge in [-0.3, -0.25) is 14.9 Å². The van der Waals surface area contributed by atoms with Gasteiger partial charge in [0.25, 0.3) is 5.06 Å². The molecule has 2 rings (SSSR count). The monoisotopic (exact) mass is 302 g/mol. The number of benzene rings is 1. The fourth-order valence-corrected chi connectivity index (χ4v) is 2.50. The van der Waals surface area contributed by atoms with Crippen LogP contribution in [0, 0.1) is 21.4 Å². The summed E-state index contributed by atoms with van der Waals surface area (Å²) in [5, 5.41) is 19.6. The molecule has 0 spiro atoms. The highest BCUT2D eigenvalue weighted by molar-refractivity contribution is 7.16. The summed E-state index contributed by atoms with van der Waals surface area (Å²) >= 11 is 0.939. The maximum Gasteiger partial charge on any atom is 0.323 e. The van der Waals surface area contributed by atoms with Gasteiger partial charge in [0.2, 0.25) is 0 Å². The Morgan fingerprint density at radius 1 is 1.43 bits per heavy atom. The van der Waals surface area contributed by atoms with E-state index in [1.54, 1.807) is 24.3 Å². The normalized spacial score (nSPS) is 9.90. The van der Waals surface area contributed by atoms with Gasteiger partial charge in [0.1, 0.15) is 5.75 Å². The number of ketones is 1. The van der Waals surface area contributed by atoms with Crippen LogP contribution in [0.3, 0.4) is 0 Å².